The van der Waals surface area contributed by atoms with Crippen molar-refractivity contribution in [1.29, 1.82) is 5.41 Å². The van der Waals surface area contributed by atoms with E-state index in [0.29, 0.717) is 63.7 Å². The van der Waals surface area contributed by atoms with Crippen molar-refractivity contribution >= 4 is 28.8 Å². The number of benzene rings is 3. The Morgan fingerprint density at radius 3 is 2.26 bits per heavy atom. The summed E-state index contributed by atoms with van der Waals surface area (Å²) in [6.45, 7) is 1.79. The number of nitro groups is 1. The van der Waals surface area contributed by atoms with Gasteiger partial charge in [0.1, 0.15) is 11.6 Å². The lowest BCUT2D eigenvalue weighted by atomic mass is 9.73. The minimum atomic E-state index is -0.857. The van der Waals surface area contributed by atoms with Crippen LogP contribution < -0.4 is 19.1 Å². The molecule has 1 atom stereocenters. The molecule has 1 aliphatic heterocycles. The summed E-state index contributed by atoms with van der Waals surface area (Å²) in [5, 5.41) is 33.1. The van der Waals surface area contributed by atoms with E-state index in [0.717, 1.165) is 0 Å². The molecule has 10 nitrogen and oxygen atoms in total. The average Bonchev–Trinajstić information content (AvgIpc) is 3.00. The Labute approximate surface area is 243 Å². The van der Waals surface area contributed by atoms with E-state index >= 15 is 0 Å². The van der Waals surface area contributed by atoms with E-state index < -0.39 is 10.8 Å². The summed E-state index contributed by atoms with van der Waals surface area (Å²) >= 11 is 0. The molecule has 0 fully saturated rings. The molecule has 0 saturated heterocycles. The van der Waals surface area contributed by atoms with Crippen molar-refractivity contribution in [1.82, 2.24) is 0 Å². The number of hydrogen-bond acceptors (Lipinski definition) is 8. The number of aryl methyl sites for hydroxylation is 1. The lowest BCUT2D eigenvalue weighted by Crippen LogP contribution is -2.42. The molecule has 3 aromatic rings. The molecule has 0 radical (unpaired) electrons. The first-order chi connectivity index (χ1) is 20.2. The van der Waals surface area contributed by atoms with Crippen LogP contribution in [-0.2, 0) is 4.79 Å². The predicted molar refractivity (Wildman–Crippen MR) is 159 cm³/mol. The Morgan fingerprint density at radius 1 is 1.00 bits per heavy atom. The van der Waals surface area contributed by atoms with Crippen molar-refractivity contribution in [3.05, 3.63) is 104 Å². The highest BCUT2D eigenvalue weighted by molar-refractivity contribution is 6.20. The summed E-state index contributed by atoms with van der Waals surface area (Å²) in [6.07, 6.45) is 1.31. The number of carbonyl (C=O) groups is 1. The number of nitrogens with zero attached hydrogens (tertiary/aromatic N) is 2. The standard InChI is InChI=1S/C32H31N3O7/c1-18-13-14-21(35(38)39)17-23(18)34-22-11-8-12-24(36)28(22)27(20-15-25(40-2)31(42-4)26(16-20)41-3)29(32(34)33)30(37)19-9-6-5-7-10-19/h5-7,9-10,13-17,27,33,37H,8,11-12H2,1-4H3/t27-/m0/s1. The molecular formula is C32H31N3O7. The van der Waals surface area contributed by atoms with Gasteiger partial charge in [-0.2, -0.15) is 0 Å². The zero-order valence-corrected chi connectivity index (χ0v) is 23.8. The summed E-state index contributed by atoms with van der Waals surface area (Å²) in [7, 11) is 4.48. The van der Waals surface area contributed by atoms with Gasteiger partial charge in [0.15, 0.2) is 17.3 Å². The molecule has 0 saturated carbocycles. The Morgan fingerprint density at radius 2 is 1.67 bits per heavy atom. The molecular weight excluding hydrogens is 538 g/mol. The Hall–Kier alpha value is -5.12. The van der Waals surface area contributed by atoms with Crippen molar-refractivity contribution in [2.45, 2.75) is 32.1 Å². The fourth-order valence-corrected chi connectivity index (χ4v) is 5.76. The third-order valence-electron chi connectivity index (χ3n) is 7.72. The molecule has 2 N–H and O–H groups in total. The highest BCUT2D eigenvalue weighted by Crippen LogP contribution is 2.51. The van der Waals surface area contributed by atoms with E-state index in [1.54, 1.807) is 54.3 Å². The van der Waals surface area contributed by atoms with Crippen LogP contribution in [0, 0.1) is 22.4 Å². The van der Waals surface area contributed by atoms with E-state index in [1.165, 1.54) is 33.5 Å². The highest BCUT2D eigenvalue weighted by atomic mass is 16.6. The monoisotopic (exact) mass is 569 g/mol. The maximum Gasteiger partial charge on any atom is 0.271 e. The van der Waals surface area contributed by atoms with Crippen molar-refractivity contribution < 1.29 is 29.0 Å². The van der Waals surface area contributed by atoms with Gasteiger partial charge in [-0.25, -0.2) is 0 Å². The number of hydrogen-bond donors (Lipinski definition) is 2. The molecule has 1 aliphatic carbocycles. The Balaban J connectivity index is 1.89. The summed E-state index contributed by atoms with van der Waals surface area (Å²) in [5.41, 5.74) is 3.12. The number of rotatable bonds is 7. The van der Waals surface area contributed by atoms with Gasteiger partial charge in [-0.15, -0.1) is 0 Å². The number of non-ortho nitro benzene ring substituents is 1. The van der Waals surface area contributed by atoms with Gasteiger partial charge in [-0.05, 0) is 43.0 Å². The number of Topliss-reactive ketones (excluding diaryl/α,β-unsaturated/α-hetero) is 1. The molecule has 1 heterocycles. The zero-order valence-electron chi connectivity index (χ0n) is 23.8. The normalized spacial score (nSPS) is 18.0. The van der Waals surface area contributed by atoms with E-state index in [4.69, 9.17) is 14.2 Å². The Bertz CT molecular complexity index is 1630. The minimum absolute atomic E-state index is 0.0906. The fourth-order valence-electron chi connectivity index (χ4n) is 5.76. The van der Waals surface area contributed by atoms with Gasteiger partial charge in [0, 0.05) is 46.9 Å². The van der Waals surface area contributed by atoms with E-state index in [2.05, 4.69) is 0 Å². The molecule has 10 heteroatoms. The summed E-state index contributed by atoms with van der Waals surface area (Å²) < 4.78 is 16.7. The van der Waals surface area contributed by atoms with Gasteiger partial charge < -0.3 is 19.3 Å². The molecule has 42 heavy (non-hydrogen) atoms. The van der Waals surface area contributed by atoms with Crippen LogP contribution in [0.15, 0.2) is 77.5 Å². The number of allylic oxidation sites excluding steroid dienone is 2. The first-order valence-electron chi connectivity index (χ1n) is 13.4. The SMILES string of the molecule is COc1cc([C@@H]2C(=C(O)c3ccccc3)C(=N)N(c3cc([N+](=O)[O-])ccc3C)C3=C2C(=O)CCC3)cc(OC)c1OC. The third kappa shape index (κ3) is 4.74. The summed E-state index contributed by atoms with van der Waals surface area (Å²) in [6, 6.07) is 16.7. The third-order valence-corrected chi connectivity index (χ3v) is 7.72. The van der Waals surface area contributed by atoms with Crippen LogP contribution in [0.3, 0.4) is 0 Å². The Kier molecular flexibility index (Phi) is 7.71. The topological polar surface area (TPSA) is 135 Å². The number of methoxy groups -OCH3 is 3. The quantitative estimate of drug-likeness (QED) is 0.187. The number of carbonyl (C=O) groups excluding carboxylic acids is 1. The highest BCUT2D eigenvalue weighted by Gasteiger charge is 2.44. The minimum Gasteiger partial charge on any atom is -0.507 e. The second-order valence-electron chi connectivity index (χ2n) is 10.1. The molecule has 0 bridgehead atoms. The van der Waals surface area contributed by atoms with Gasteiger partial charge in [-0.3, -0.25) is 25.2 Å². The van der Waals surface area contributed by atoms with Gasteiger partial charge in [0.25, 0.3) is 5.69 Å². The van der Waals surface area contributed by atoms with Crippen LogP contribution in [0.1, 0.15) is 41.9 Å². The largest absolute Gasteiger partial charge is 0.507 e. The molecule has 3 aromatic carbocycles. The van der Waals surface area contributed by atoms with Gasteiger partial charge in [0.2, 0.25) is 5.75 Å². The lowest BCUT2D eigenvalue weighted by molar-refractivity contribution is -0.384. The van der Waals surface area contributed by atoms with Crippen LogP contribution >= 0.6 is 0 Å². The van der Waals surface area contributed by atoms with Gasteiger partial charge in [0.05, 0.1) is 31.9 Å². The first-order valence-corrected chi connectivity index (χ1v) is 13.4. The molecule has 0 unspecified atom stereocenters. The van der Waals surface area contributed by atoms with Crippen LogP contribution in [-0.4, -0.2) is 43.0 Å². The van der Waals surface area contributed by atoms with Crippen LogP contribution in [0.5, 0.6) is 17.2 Å². The van der Waals surface area contributed by atoms with E-state index in [9.17, 15) is 25.4 Å². The number of nitro benzene ring substituents is 1. The first kappa shape index (κ1) is 28.4. The molecule has 216 valence electrons. The fraction of sp³-hybridized carbons (Fsp3) is 0.250. The summed E-state index contributed by atoms with van der Waals surface area (Å²) in [4.78, 5) is 26.6. The number of nitrogens with one attached hydrogen (secondary N) is 1. The second-order valence-corrected chi connectivity index (χ2v) is 10.1. The molecule has 5 rings (SSSR count). The van der Waals surface area contributed by atoms with Crippen LogP contribution in [0.4, 0.5) is 11.4 Å². The molecule has 0 amide bonds. The zero-order chi connectivity index (χ0) is 30.1. The smallest absolute Gasteiger partial charge is 0.271 e. The van der Waals surface area contributed by atoms with Crippen LogP contribution in [0.2, 0.25) is 0 Å². The molecule has 0 spiro atoms. The van der Waals surface area contributed by atoms with Crippen molar-refractivity contribution in [2.24, 2.45) is 0 Å². The van der Waals surface area contributed by atoms with Crippen molar-refractivity contribution in [3.8, 4) is 17.2 Å². The maximum absolute atomic E-state index is 13.8. The number of ketones is 1. The molecule has 0 aromatic heterocycles. The number of aliphatic hydroxyl groups is 1. The van der Waals surface area contributed by atoms with E-state index in [1.807, 2.05) is 6.07 Å². The predicted octanol–water partition coefficient (Wildman–Crippen LogP) is 6.49. The maximum atomic E-state index is 13.8. The number of ether oxygens (including phenoxy) is 3. The van der Waals surface area contributed by atoms with Gasteiger partial charge >= 0.3 is 0 Å². The van der Waals surface area contributed by atoms with Crippen molar-refractivity contribution in [3.63, 3.8) is 0 Å². The molecule has 2 aliphatic rings. The number of aliphatic hydroxyl groups excluding tert-OH is 1. The number of amidine groups is 1. The number of anilines is 1. The lowest BCUT2D eigenvalue weighted by Gasteiger charge is -2.42. The second kappa shape index (κ2) is 11.4. The van der Waals surface area contributed by atoms with Crippen molar-refractivity contribution in [2.75, 3.05) is 26.2 Å². The van der Waals surface area contributed by atoms with Crippen LogP contribution in [0.25, 0.3) is 5.76 Å². The van der Waals surface area contributed by atoms with Gasteiger partial charge in [-0.1, -0.05) is 36.4 Å². The average molecular weight is 570 g/mol. The summed E-state index contributed by atoms with van der Waals surface area (Å²) in [5.74, 6) is -0.174. The van der Waals surface area contributed by atoms with E-state index in [-0.39, 0.29) is 35.1 Å².